The van der Waals surface area contributed by atoms with E-state index in [0.717, 1.165) is 0 Å². The SMILES string of the molecule is CC(C)(C)OC(=O)CCS(=O)c1cc(Cl)ccc1Cl. The maximum atomic E-state index is 12.0. The van der Waals surface area contributed by atoms with Crippen molar-refractivity contribution in [3.05, 3.63) is 28.2 Å². The minimum Gasteiger partial charge on any atom is -0.460 e. The highest BCUT2D eigenvalue weighted by Gasteiger charge is 2.18. The first-order valence-corrected chi connectivity index (χ1v) is 7.82. The van der Waals surface area contributed by atoms with E-state index in [0.29, 0.717) is 14.9 Å². The molecule has 0 bridgehead atoms. The van der Waals surface area contributed by atoms with Crippen LogP contribution in [-0.4, -0.2) is 21.5 Å². The van der Waals surface area contributed by atoms with Crippen LogP contribution in [0.3, 0.4) is 0 Å². The van der Waals surface area contributed by atoms with Crippen LogP contribution in [0, 0.1) is 0 Å². The molecular formula is C13H16Cl2O3S. The van der Waals surface area contributed by atoms with E-state index in [-0.39, 0.29) is 18.1 Å². The number of rotatable bonds is 4. The molecule has 0 aliphatic heterocycles. The smallest absolute Gasteiger partial charge is 0.307 e. The summed E-state index contributed by atoms with van der Waals surface area (Å²) in [7, 11) is -1.37. The Hall–Kier alpha value is -0.580. The van der Waals surface area contributed by atoms with Crippen LogP contribution in [0.25, 0.3) is 0 Å². The lowest BCUT2D eigenvalue weighted by Crippen LogP contribution is -2.24. The van der Waals surface area contributed by atoms with Crippen molar-refractivity contribution in [1.82, 2.24) is 0 Å². The molecule has 1 aromatic rings. The van der Waals surface area contributed by atoms with Crippen LogP contribution in [0.15, 0.2) is 23.1 Å². The van der Waals surface area contributed by atoms with Crippen LogP contribution in [0.1, 0.15) is 27.2 Å². The first kappa shape index (κ1) is 16.5. The zero-order valence-electron chi connectivity index (χ0n) is 11.0. The van der Waals surface area contributed by atoms with Gasteiger partial charge in [0.1, 0.15) is 5.60 Å². The predicted molar refractivity (Wildman–Crippen MR) is 78.2 cm³/mol. The average molecular weight is 323 g/mol. The second kappa shape index (κ2) is 6.73. The number of halogens is 2. The first-order valence-electron chi connectivity index (χ1n) is 5.74. The third kappa shape index (κ3) is 5.93. The fraction of sp³-hybridized carbons (Fsp3) is 0.462. The summed E-state index contributed by atoms with van der Waals surface area (Å²) in [5.74, 6) is -0.214. The standard InChI is InChI=1S/C13H16Cl2O3S/c1-13(2,3)18-12(16)6-7-19(17)11-8-9(14)4-5-10(11)15/h4-5,8H,6-7H2,1-3H3. The van der Waals surface area contributed by atoms with Crippen molar-refractivity contribution in [3.63, 3.8) is 0 Å². The van der Waals surface area contributed by atoms with E-state index in [1.54, 1.807) is 39.0 Å². The van der Waals surface area contributed by atoms with Gasteiger partial charge in [0.05, 0.1) is 27.1 Å². The summed E-state index contributed by atoms with van der Waals surface area (Å²) >= 11 is 11.8. The van der Waals surface area contributed by atoms with Crippen LogP contribution >= 0.6 is 23.2 Å². The molecule has 19 heavy (non-hydrogen) atoms. The molecule has 3 nitrogen and oxygen atoms in total. The van der Waals surface area contributed by atoms with Crippen molar-refractivity contribution in [2.24, 2.45) is 0 Å². The molecule has 0 aliphatic carbocycles. The van der Waals surface area contributed by atoms with Gasteiger partial charge in [0.25, 0.3) is 0 Å². The summed E-state index contributed by atoms with van der Waals surface area (Å²) in [5.41, 5.74) is -0.535. The Bertz CT molecular complexity index is 495. The summed E-state index contributed by atoms with van der Waals surface area (Å²) in [5, 5.41) is 0.844. The largest absolute Gasteiger partial charge is 0.460 e. The maximum Gasteiger partial charge on any atom is 0.307 e. The zero-order valence-corrected chi connectivity index (χ0v) is 13.4. The van der Waals surface area contributed by atoms with Crippen molar-refractivity contribution in [1.29, 1.82) is 0 Å². The second-order valence-electron chi connectivity index (χ2n) is 4.96. The molecule has 0 aromatic heterocycles. The molecule has 0 N–H and O–H groups in total. The minimum absolute atomic E-state index is 0.0761. The monoisotopic (exact) mass is 322 g/mol. The van der Waals surface area contributed by atoms with E-state index in [2.05, 4.69) is 0 Å². The number of benzene rings is 1. The fourth-order valence-electron chi connectivity index (χ4n) is 1.33. The number of esters is 1. The quantitative estimate of drug-likeness (QED) is 0.791. The number of carbonyl (C=O) groups is 1. The topological polar surface area (TPSA) is 43.4 Å². The van der Waals surface area contributed by atoms with E-state index in [9.17, 15) is 9.00 Å². The molecule has 0 amide bonds. The average Bonchev–Trinajstić information content (AvgIpc) is 2.27. The van der Waals surface area contributed by atoms with Crippen molar-refractivity contribution in [2.45, 2.75) is 37.7 Å². The molecule has 1 aromatic carbocycles. The molecule has 0 radical (unpaired) electrons. The molecule has 1 unspecified atom stereocenters. The zero-order chi connectivity index (χ0) is 14.6. The first-order chi connectivity index (χ1) is 8.69. The van der Waals surface area contributed by atoms with E-state index < -0.39 is 16.4 Å². The molecule has 106 valence electrons. The van der Waals surface area contributed by atoms with E-state index in [4.69, 9.17) is 27.9 Å². The van der Waals surface area contributed by atoms with E-state index in [1.807, 2.05) is 0 Å². The van der Waals surface area contributed by atoms with Gasteiger partial charge in [-0.2, -0.15) is 0 Å². The Kier molecular flexibility index (Phi) is 5.83. The van der Waals surface area contributed by atoms with Gasteiger partial charge in [0, 0.05) is 10.8 Å². The van der Waals surface area contributed by atoms with Crippen molar-refractivity contribution in [3.8, 4) is 0 Å². The lowest BCUT2D eigenvalue weighted by Gasteiger charge is -2.19. The summed E-state index contributed by atoms with van der Waals surface area (Å²) in [6.07, 6.45) is 0.0761. The third-order valence-electron chi connectivity index (χ3n) is 2.05. The molecule has 0 spiro atoms. The fourth-order valence-corrected chi connectivity index (χ4v) is 3.06. The Labute approximate surface area is 125 Å². The highest BCUT2D eigenvalue weighted by molar-refractivity contribution is 7.85. The Balaban J connectivity index is 2.61. The Morgan fingerprint density at radius 1 is 1.32 bits per heavy atom. The van der Waals surface area contributed by atoms with Crippen LogP contribution in [0.5, 0.6) is 0 Å². The van der Waals surface area contributed by atoms with Crippen molar-refractivity contribution >= 4 is 40.0 Å². The third-order valence-corrected chi connectivity index (χ3v) is 4.13. The maximum absolute atomic E-state index is 12.0. The lowest BCUT2D eigenvalue weighted by molar-refractivity contribution is -0.154. The van der Waals surface area contributed by atoms with Crippen LogP contribution in [-0.2, 0) is 20.3 Å². The molecule has 0 saturated carbocycles. The molecule has 1 rings (SSSR count). The van der Waals surface area contributed by atoms with Crippen LogP contribution in [0.4, 0.5) is 0 Å². The van der Waals surface area contributed by atoms with Gasteiger partial charge in [-0.05, 0) is 39.0 Å². The van der Waals surface area contributed by atoms with Gasteiger partial charge in [-0.25, -0.2) is 0 Å². The molecule has 6 heteroatoms. The Morgan fingerprint density at radius 2 is 1.95 bits per heavy atom. The number of ether oxygens (including phenoxy) is 1. The van der Waals surface area contributed by atoms with Gasteiger partial charge in [0.2, 0.25) is 0 Å². The summed E-state index contributed by atoms with van der Waals surface area (Å²) in [6.45, 7) is 5.36. The normalized spacial score (nSPS) is 13.1. The molecule has 0 aliphatic rings. The van der Waals surface area contributed by atoms with Gasteiger partial charge in [-0.3, -0.25) is 9.00 Å². The molecule has 1 atom stereocenters. The second-order valence-corrected chi connectivity index (χ2v) is 7.34. The van der Waals surface area contributed by atoms with Gasteiger partial charge in [0.15, 0.2) is 0 Å². The minimum atomic E-state index is -1.37. The number of carbonyl (C=O) groups excluding carboxylic acids is 1. The predicted octanol–water partition coefficient (Wildman–Crippen LogP) is 3.83. The Morgan fingerprint density at radius 3 is 2.53 bits per heavy atom. The molecule has 0 heterocycles. The van der Waals surface area contributed by atoms with Crippen molar-refractivity contribution in [2.75, 3.05) is 5.75 Å². The van der Waals surface area contributed by atoms with Crippen LogP contribution in [0.2, 0.25) is 10.0 Å². The summed E-state index contributed by atoms with van der Waals surface area (Å²) < 4.78 is 17.2. The van der Waals surface area contributed by atoms with Gasteiger partial charge in [-0.1, -0.05) is 23.2 Å². The highest BCUT2D eigenvalue weighted by Crippen LogP contribution is 2.24. The van der Waals surface area contributed by atoms with Gasteiger partial charge in [-0.15, -0.1) is 0 Å². The van der Waals surface area contributed by atoms with Crippen molar-refractivity contribution < 1.29 is 13.7 Å². The van der Waals surface area contributed by atoms with Gasteiger partial charge >= 0.3 is 5.97 Å². The van der Waals surface area contributed by atoms with E-state index >= 15 is 0 Å². The number of hydrogen-bond acceptors (Lipinski definition) is 3. The summed E-state index contributed by atoms with van der Waals surface area (Å²) in [6, 6.07) is 4.76. The molecule has 0 saturated heterocycles. The lowest BCUT2D eigenvalue weighted by atomic mass is 10.2. The van der Waals surface area contributed by atoms with E-state index in [1.165, 1.54) is 0 Å². The highest BCUT2D eigenvalue weighted by atomic mass is 35.5. The molecular weight excluding hydrogens is 307 g/mol. The summed E-state index contributed by atoms with van der Waals surface area (Å²) in [4.78, 5) is 12.0. The number of hydrogen-bond donors (Lipinski definition) is 0. The van der Waals surface area contributed by atoms with Crippen LogP contribution < -0.4 is 0 Å². The van der Waals surface area contributed by atoms with Gasteiger partial charge < -0.3 is 4.74 Å². The molecule has 0 fully saturated rings.